The van der Waals surface area contributed by atoms with Crippen molar-refractivity contribution < 1.29 is 0 Å². The van der Waals surface area contributed by atoms with Crippen LogP contribution in [0.2, 0.25) is 0 Å². The molecule has 1 saturated heterocycles. The van der Waals surface area contributed by atoms with Crippen LogP contribution in [0.1, 0.15) is 16.8 Å². The second-order valence-electron chi connectivity index (χ2n) is 7.05. The van der Waals surface area contributed by atoms with Crippen molar-refractivity contribution in [2.24, 2.45) is 0 Å². The molecule has 1 aliphatic rings. The molecule has 4 rings (SSSR count). The molecule has 7 nitrogen and oxygen atoms in total. The molecule has 0 unspecified atom stereocenters. The zero-order valence-electron chi connectivity index (χ0n) is 16.3. The maximum absolute atomic E-state index is 4.74. The molecule has 1 aromatic carbocycles. The van der Waals surface area contributed by atoms with Gasteiger partial charge in [0.25, 0.3) is 0 Å². The van der Waals surface area contributed by atoms with Crippen molar-refractivity contribution in [2.75, 3.05) is 41.3 Å². The normalized spacial score (nSPS) is 14.2. The van der Waals surface area contributed by atoms with Gasteiger partial charge in [0.2, 0.25) is 11.9 Å². The number of piperazine rings is 1. The Kier molecular flexibility index (Phi) is 5.32. The van der Waals surface area contributed by atoms with E-state index in [1.165, 1.54) is 11.1 Å². The van der Waals surface area contributed by atoms with Crippen LogP contribution in [0, 0.1) is 13.8 Å². The standard InChI is InChI=1S/C21H25N7/c1-16-4-6-18(7-5-16)15-24-20-25-17(2)14-19(26-20)27-10-12-28(13-11-27)21-22-8-3-9-23-21/h3-9,14H,10-13,15H2,1-2H3,(H,24,25,26). The van der Waals surface area contributed by atoms with Gasteiger partial charge >= 0.3 is 0 Å². The van der Waals surface area contributed by atoms with Gasteiger partial charge in [-0.1, -0.05) is 29.8 Å². The van der Waals surface area contributed by atoms with Gasteiger partial charge in [0, 0.05) is 56.9 Å². The zero-order valence-corrected chi connectivity index (χ0v) is 16.3. The maximum atomic E-state index is 4.74. The van der Waals surface area contributed by atoms with Crippen LogP contribution in [0.15, 0.2) is 48.8 Å². The van der Waals surface area contributed by atoms with Gasteiger partial charge in [-0.3, -0.25) is 0 Å². The summed E-state index contributed by atoms with van der Waals surface area (Å²) in [5, 5.41) is 3.36. The van der Waals surface area contributed by atoms with Crippen LogP contribution in [0.25, 0.3) is 0 Å². The summed E-state index contributed by atoms with van der Waals surface area (Å²) >= 11 is 0. The minimum absolute atomic E-state index is 0.671. The molecule has 144 valence electrons. The molecule has 1 aliphatic heterocycles. The summed E-state index contributed by atoms with van der Waals surface area (Å²) in [5.74, 6) is 2.43. The Balaban J connectivity index is 1.40. The first-order valence-corrected chi connectivity index (χ1v) is 9.59. The first kappa shape index (κ1) is 18.2. The summed E-state index contributed by atoms with van der Waals surface area (Å²) in [7, 11) is 0. The summed E-state index contributed by atoms with van der Waals surface area (Å²) in [6.07, 6.45) is 3.57. The number of aromatic nitrogens is 4. The smallest absolute Gasteiger partial charge is 0.225 e. The molecule has 0 aliphatic carbocycles. The molecule has 7 heteroatoms. The van der Waals surface area contributed by atoms with E-state index in [9.17, 15) is 0 Å². The van der Waals surface area contributed by atoms with Crippen LogP contribution in [0.5, 0.6) is 0 Å². The van der Waals surface area contributed by atoms with Crippen LogP contribution in [-0.2, 0) is 6.54 Å². The molecule has 0 saturated carbocycles. The highest BCUT2D eigenvalue weighted by Crippen LogP contribution is 2.19. The molecule has 28 heavy (non-hydrogen) atoms. The fourth-order valence-corrected chi connectivity index (χ4v) is 3.27. The van der Waals surface area contributed by atoms with Gasteiger partial charge in [-0.2, -0.15) is 4.98 Å². The average molecular weight is 375 g/mol. The molecule has 2 aromatic heterocycles. The van der Waals surface area contributed by atoms with E-state index in [0.717, 1.165) is 43.6 Å². The first-order valence-electron chi connectivity index (χ1n) is 9.59. The van der Waals surface area contributed by atoms with Crippen LogP contribution >= 0.6 is 0 Å². The van der Waals surface area contributed by atoms with Crippen LogP contribution in [0.3, 0.4) is 0 Å². The van der Waals surface area contributed by atoms with Crippen LogP contribution in [-0.4, -0.2) is 46.1 Å². The quantitative estimate of drug-likeness (QED) is 0.735. The Bertz CT molecular complexity index is 904. The fourth-order valence-electron chi connectivity index (χ4n) is 3.27. The predicted octanol–water partition coefficient (Wildman–Crippen LogP) is 2.82. The van der Waals surface area contributed by atoms with Crippen molar-refractivity contribution in [1.82, 2.24) is 19.9 Å². The van der Waals surface area contributed by atoms with E-state index in [0.29, 0.717) is 12.5 Å². The lowest BCUT2D eigenvalue weighted by molar-refractivity contribution is 0.634. The van der Waals surface area contributed by atoms with E-state index in [-0.39, 0.29) is 0 Å². The number of rotatable bonds is 5. The molecule has 0 radical (unpaired) electrons. The highest BCUT2D eigenvalue weighted by atomic mass is 15.3. The molecule has 0 bridgehead atoms. The third-order valence-corrected chi connectivity index (χ3v) is 4.85. The monoisotopic (exact) mass is 375 g/mol. The molecule has 3 heterocycles. The third-order valence-electron chi connectivity index (χ3n) is 4.85. The molecular weight excluding hydrogens is 350 g/mol. The lowest BCUT2D eigenvalue weighted by atomic mass is 10.1. The summed E-state index contributed by atoms with van der Waals surface area (Å²) in [4.78, 5) is 22.5. The predicted molar refractivity (Wildman–Crippen MR) is 112 cm³/mol. The number of hydrogen-bond acceptors (Lipinski definition) is 7. The number of nitrogens with zero attached hydrogens (tertiary/aromatic N) is 6. The first-order chi connectivity index (χ1) is 13.7. The number of aryl methyl sites for hydroxylation is 2. The molecular formula is C21H25N7. The SMILES string of the molecule is Cc1ccc(CNc2nc(C)cc(N3CCN(c4ncccn4)CC3)n2)cc1. The summed E-state index contributed by atoms with van der Waals surface area (Å²) in [6, 6.07) is 12.4. The van der Waals surface area contributed by atoms with Gasteiger partial charge in [-0.15, -0.1) is 0 Å². The maximum Gasteiger partial charge on any atom is 0.225 e. The van der Waals surface area contributed by atoms with Crippen molar-refractivity contribution in [1.29, 1.82) is 0 Å². The van der Waals surface area contributed by atoms with E-state index in [1.54, 1.807) is 12.4 Å². The summed E-state index contributed by atoms with van der Waals surface area (Å²) in [6.45, 7) is 8.33. The minimum atomic E-state index is 0.671. The number of anilines is 3. The Morgan fingerprint density at radius 2 is 1.57 bits per heavy atom. The number of nitrogens with one attached hydrogen (secondary N) is 1. The van der Waals surface area contributed by atoms with Gasteiger partial charge in [0.1, 0.15) is 5.82 Å². The average Bonchev–Trinajstić information content (AvgIpc) is 2.74. The van der Waals surface area contributed by atoms with Gasteiger partial charge in [-0.25, -0.2) is 15.0 Å². The number of benzene rings is 1. The van der Waals surface area contributed by atoms with Gasteiger partial charge in [-0.05, 0) is 25.5 Å². The van der Waals surface area contributed by atoms with E-state index in [4.69, 9.17) is 4.98 Å². The highest BCUT2D eigenvalue weighted by molar-refractivity contribution is 5.47. The van der Waals surface area contributed by atoms with Gasteiger partial charge in [0.05, 0.1) is 0 Å². The second kappa shape index (κ2) is 8.21. The molecule has 0 atom stereocenters. The molecule has 1 fully saturated rings. The highest BCUT2D eigenvalue weighted by Gasteiger charge is 2.20. The lowest BCUT2D eigenvalue weighted by Gasteiger charge is -2.35. The molecule has 3 aromatic rings. The van der Waals surface area contributed by atoms with Crippen LogP contribution < -0.4 is 15.1 Å². The van der Waals surface area contributed by atoms with Crippen molar-refractivity contribution in [3.8, 4) is 0 Å². The van der Waals surface area contributed by atoms with Gasteiger partial charge in [0.15, 0.2) is 0 Å². The topological polar surface area (TPSA) is 70.1 Å². The van der Waals surface area contributed by atoms with Crippen LogP contribution in [0.4, 0.5) is 17.7 Å². The minimum Gasteiger partial charge on any atom is -0.353 e. The Morgan fingerprint density at radius 3 is 2.29 bits per heavy atom. The fraction of sp³-hybridized carbons (Fsp3) is 0.333. The van der Waals surface area contributed by atoms with Gasteiger partial charge < -0.3 is 15.1 Å². The largest absolute Gasteiger partial charge is 0.353 e. The van der Waals surface area contributed by atoms with Crippen molar-refractivity contribution in [3.63, 3.8) is 0 Å². The van der Waals surface area contributed by atoms with E-state index < -0.39 is 0 Å². The van der Waals surface area contributed by atoms with E-state index in [2.05, 4.69) is 61.3 Å². The zero-order chi connectivity index (χ0) is 19.3. The molecule has 1 N–H and O–H groups in total. The van der Waals surface area contributed by atoms with Crippen molar-refractivity contribution in [3.05, 3.63) is 65.6 Å². The number of hydrogen-bond donors (Lipinski definition) is 1. The Hall–Kier alpha value is -3.22. The lowest BCUT2D eigenvalue weighted by Crippen LogP contribution is -2.47. The van der Waals surface area contributed by atoms with E-state index >= 15 is 0 Å². The Morgan fingerprint density at radius 1 is 0.893 bits per heavy atom. The van der Waals surface area contributed by atoms with E-state index in [1.807, 2.05) is 19.1 Å². The third kappa shape index (κ3) is 4.36. The summed E-state index contributed by atoms with van der Waals surface area (Å²) in [5.41, 5.74) is 3.44. The summed E-state index contributed by atoms with van der Waals surface area (Å²) < 4.78 is 0. The Labute approximate surface area is 165 Å². The second-order valence-corrected chi connectivity index (χ2v) is 7.05. The molecule has 0 spiro atoms. The molecule has 0 amide bonds. The van der Waals surface area contributed by atoms with Crippen molar-refractivity contribution in [2.45, 2.75) is 20.4 Å². The van der Waals surface area contributed by atoms with Crippen molar-refractivity contribution >= 4 is 17.7 Å².